The first-order valence-electron chi connectivity index (χ1n) is 5.31. The minimum atomic E-state index is -0.166. The van der Waals surface area contributed by atoms with E-state index in [1.165, 1.54) is 0 Å². The quantitative estimate of drug-likeness (QED) is 0.669. The lowest BCUT2D eigenvalue weighted by atomic mass is 10.0. The van der Waals surface area contributed by atoms with Gasteiger partial charge in [-0.3, -0.25) is 4.90 Å². The summed E-state index contributed by atoms with van der Waals surface area (Å²) < 4.78 is 0. The maximum Gasteiger partial charge on any atom is 0.0552 e. The zero-order chi connectivity index (χ0) is 9.84. The molecule has 1 aliphatic rings. The summed E-state index contributed by atoms with van der Waals surface area (Å²) in [5, 5.41) is 9.44. The number of hydrogen-bond acceptors (Lipinski definition) is 3. The van der Waals surface area contributed by atoms with E-state index in [4.69, 9.17) is 5.73 Å². The van der Waals surface area contributed by atoms with E-state index in [1.54, 1.807) is 0 Å². The molecule has 0 amide bonds. The molecule has 0 aromatic rings. The highest BCUT2D eigenvalue weighted by molar-refractivity contribution is 4.83. The van der Waals surface area contributed by atoms with Crippen LogP contribution in [0.25, 0.3) is 0 Å². The summed E-state index contributed by atoms with van der Waals surface area (Å²) in [4.78, 5) is 2.41. The molecule has 1 heterocycles. The van der Waals surface area contributed by atoms with E-state index in [0.29, 0.717) is 12.0 Å². The van der Waals surface area contributed by atoms with Crippen LogP contribution in [0.3, 0.4) is 0 Å². The van der Waals surface area contributed by atoms with Crippen molar-refractivity contribution in [2.45, 2.75) is 38.8 Å². The van der Waals surface area contributed by atoms with Crippen LogP contribution in [0.4, 0.5) is 0 Å². The second kappa shape index (κ2) is 4.94. The minimum Gasteiger partial charge on any atom is -0.393 e. The number of rotatable bonds is 4. The Balaban J connectivity index is 2.39. The third-order valence-corrected chi connectivity index (χ3v) is 3.20. The zero-order valence-electron chi connectivity index (χ0n) is 8.74. The lowest BCUT2D eigenvalue weighted by Crippen LogP contribution is -2.39. The van der Waals surface area contributed by atoms with E-state index in [-0.39, 0.29) is 6.10 Å². The fourth-order valence-electron chi connectivity index (χ4n) is 2.11. The number of likely N-dealkylation sites (tertiary alicyclic amines) is 1. The van der Waals surface area contributed by atoms with Crippen LogP contribution < -0.4 is 5.73 Å². The van der Waals surface area contributed by atoms with Crippen LogP contribution >= 0.6 is 0 Å². The normalized spacial score (nSPS) is 29.1. The Labute approximate surface area is 80.9 Å². The number of aliphatic hydroxyl groups excluding tert-OH is 1. The molecule has 3 N–H and O–H groups in total. The molecule has 0 aromatic heterocycles. The van der Waals surface area contributed by atoms with Gasteiger partial charge in [-0.15, -0.1) is 0 Å². The third kappa shape index (κ3) is 2.66. The second-order valence-corrected chi connectivity index (χ2v) is 4.08. The Morgan fingerprint density at radius 3 is 2.69 bits per heavy atom. The standard InChI is InChI=1S/C10H22N2O/c1-3-10(6-11)12-5-4-9(7-12)8(2)13/h8-10,13H,3-7,11H2,1-2H3. The monoisotopic (exact) mass is 186 g/mol. The molecule has 78 valence electrons. The summed E-state index contributed by atoms with van der Waals surface area (Å²) in [5.74, 6) is 0.459. The molecule has 0 bridgehead atoms. The first-order chi connectivity index (χ1) is 6.19. The average molecular weight is 186 g/mol. The second-order valence-electron chi connectivity index (χ2n) is 4.08. The van der Waals surface area contributed by atoms with E-state index in [2.05, 4.69) is 11.8 Å². The molecule has 13 heavy (non-hydrogen) atoms. The Morgan fingerprint density at radius 2 is 2.31 bits per heavy atom. The molecule has 1 rings (SSSR count). The van der Waals surface area contributed by atoms with Crippen molar-refractivity contribution in [2.24, 2.45) is 11.7 Å². The number of hydrogen-bond donors (Lipinski definition) is 2. The molecule has 3 unspecified atom stereocenters. The van der Waals surface area contributed by atoms with Gasteiger partial charge in [0.15, 0.2) is 0 Å². The molecular formula is C10H22N2O. The van der Waals surface area contributed by atoms with Gasteiger partial charge in [-0.25, -0.2) is 0 Å². The first-order valence-corrected chi connectivity index (χ1v) is 5.31. The van der Waals surface area contributed by atoms with Gasteiger partial charge in [-0.2, -0.15) is 0 Å². The highest BCUT2D eigenvalue weighted by Gasteiger charge is 2.28. The van der Waals surface area contributed by atoms with Crippen LogP contribution in [0.1, 0.15) is 26.7 Å². The van der Waals surface area contributed by atoms with Gasteiger partial charge in [0.25, 0.3) is 0 Å². The van der Waals surface area contributed by atoms with E-state index in [1.807, 2.05) is 6.92 Å². The van der Waals surface area contributed by atoms with Crippen molar-refractivity contribution < 1.29 is 5.11 Å². The van der Waals surface area contributed by atoms with E-state index >= 15 is 0 Å². The van der Waals surface area contributed by atoms with Gasteiger partial charge in [0.2, 0.25) is 0 Å². The molecule has 1 saturated heterocycles. The van der Waals surface area contributed by atoms with Gasteiger partial charge >= 0.3 is 0 Å². The highest BCUT2D eigenvalue weighted by Crippen LogP contribution is 2.22. The molecule has 0 aliphatic carbocycles. The summed E-state index contributed by atoms with van der Waals surface area (Å²) in [7, 11) is 0. The summed E-state index contributed by atoms with van der Waals surface area (Å²) >= 11 is 0. The largest absolute Gasteiger partial charge is 0.393 e. The topological polar surface area (TPSA) is 49.5 Å². The van der Waals surface area contributed by atoms with E-state index in [0.717, 1.165) is 32.5 Å². The fraction of sp³-hybridized carbons (Fsp3) is 1.00. The first kappa shape index (κ1) is 11.0. The smallest absolute Gasteiger partial charge is 0.0552 e. The van der Waals surface area contributed by atoms with E-state index < -0.39 is 0 Å². The molecule has 0 spiro atoms. The number of aliphatic hydroxyl groups is 1. The van der Waals surface area contributed by atoms with Gasteiger partial charge in [0.1, 0.15) is 0 Å². The van der Waals surface area contributed by atoms with Crippen LogP contribution in [0.5, 0.6) is 0 Å². The van der Waals surface area contributed by atoms with Gasteiger partial charge in [0.05, 0.1) is 6.10 Å². The van der Waals surface area contributed by atoms with Crippen LogP contribution in [0, 0.1) is 5.92 Å². The van der Waals surface area contributed by atoms with E-state index in [9.17, 15) is 5.11 Å². The Morgan fingerprint density at radius 1 is 1.62 bits per heavy atom. The molecule has 0 aromatic carbocycles. The summed E-state index contributed by atoms with van der Waals surface area (Å²) in [6, 6.07) is 0.517. The van der Waals surface area contributed by atoms with Crippen molar-refractivity contribution in [3.8, 4) is 0 Å². The average Bonchev–Trinajstić information content (AvgIpc) is 2.56. The molecule has 3 nitrogen and oxygen atoms in total. The maximum atomic E-state index is 9.44. The van der Waals surface area contributed by atoms with Crippen molar-refractivity contribution in [1.29, 1.82) is 0 Å². The predicted octanol–water partition coefficient (Wildman–Crippen LogP) is 0.426. The SMILES string of the molecule is CCC(CN)N1CCC(C(C)O)C1. The Kier molecular flexibility index (Phi) is 4.16. The van der Waals surface area contributed by atoms with Gasteiger partial charge in [0, 0.05) is 19.1 Å². The predicted molar refractivity (Wildman–Crippen MR) is 54.5 cm³/mol. The van der Waals surface area contributed by atoms with Crippen molar-refractivity contribution in [1.82, 2.24) is 4.90 Å². The lowest BCUT2D eigenvalue weighted by molar-refractivity contribution is 0.122. The summed E-state index contributed by atoms with van der Waals surface area (Å²) in [6.45, 7) is 6.92. The lowest BCUT2D eigenvalue weighted by Gasteiger charge is -2.25. The van der Waals surface area contributed by atoms with Crippen LogP contribution in [0.2, 0.25) is 0 Å². The Hall–Kier alpha value is -0.120. The summed E-state index contributed by atoms with van der Waals surface area (Å²) in [5.41, 5.74) is 5.68. The number of nitrogens with two attached hydrogens (primary N) is 1. The molecule has 1 fully saturated rings. The van der Waals surface area contributed by atoms with Crippen molar-refractivity contribution >= 4 is 0 Å². The molecular weight excluding hydrogens is 164 g/mol. The molecule has 0 saturated carbocycles. The Bertz CT molecular complexity index is 146. The maximum absolute atomic E-state index is 9.44. The molecule has 0 radical (unpaired) electrons. The van der Waals surface area contributed by atoms with Crippen LogP contribution in [0.15, 0.2) is 0 Å². The molecule has 3 heteroatoms. The van der Waals surface area contributed by atoms with Crippen LogP contribution in [-0.2, 0) is 0 Å². The van der Waals surface area contributed by atoms with Gasteiger partial charge < -0.3 is 10.8 Å². The molecule has 1 aliphatic heterocycles. The van der Waals surface area contributed by atoms with Crippen molar-refractivity contribution in [3.63, 3.8) is 0 Å². The third-order valence-electron chi connectivity index (χ3n) is 3.20. The van der Waals surface area contributed by atoms with Crippen molar-refractivity contribution in [3.05, 3.63) is 0 Å². The minimum absolute atomic E-state index is 0.166. The summed E-state index contributed by atoms with van der Waals surface area (Å²) in [6.07, 6.45) is 2.07. The molecule has 3 atom stereocenters. The fourth-order valence-corrected chi connectivity index (χ4v) is 2.11. The van der Waals surface area contributed by atoms with Gasteiger partial charge in [-0.1, -0.05) is 6.92 Å². The van der Waals surface area contributed by atoms with Crippen LogP contribution in [-0.4, -0.2) is 41.8 Å². The van der Waals surface area contributed by atoms with Gasteiger partial charge in [-0.05, 0) is 32.2 Å². The zero-order valence-corrected chi connectivity index (χ0v) is 8.74. The highest BCUT2D eigenvalue weighted by atomic mass is 16.3. The number of nitrogens with zero attached hydrogens (tertiary/aromatic N) is 1. The van der Waals surface area contributed by atoms with Crippen molar-refractivity contribution in [2.75, 3.05) is 19.6 Å².